The van der Waals surface area contributed by atoms with Crippen molar-refractivity contribution in [3.63, 3.8) is 0 Å². The highest BCUT2D eigenvalue weighted by atomic mass is 32.1. The van der Waals surface area contributed by atoms with E-state index in [-0.39, 0.29) is 5.91 Å². The topological polar surface area (TPSA) is 44.8 Å². The van der Waals surface area contributed by atoms with Crippen LogP contribution in [0.3, 0.4) is 0 Å². The van der Waals surface area contributed by atoms with Crippen molar-refractivity contribution in [3.8, 4) is 5.75 Å². The molecule has 1 saturated heterocycles. The lowest BCUT2D eigenvalue weighted by Crippen LogP contribution is -2.51. The number of piperazine rings is 1. The first-order chi connectivity index (χ1) is 9.60. The normalized spacial score (nSPS) is 14.9. The highest BCUT2D eigenvalue weighted by Gasteiger charge is 2.20. The summed E-state index contributed by atoms with van der Waals surface area (Å²) in [7, 11) is 1.64. The SMILES string of the molecule is COc1cccc(NC(=S)N2CCN(C(C)=O)CC2)c1. The van der Waals surface area contributed by atoms with E-state index < -0.39 is 0 Å². The third kappa shape index (κ3) is 3.60. The van der Waals surface area contributed by atoms with Gasteiger partial charge in [-0.25, -0.2) is 0 Å². The summed E-state index contributed by atoms with van der Waals surface area (Å²) in [5, 5.41) is 3.89. The second-order valence-electron chi connectivity index (χ2n) is 4.66. The van der Waals surface area contributed by atoms with Gasteiger partial charge in [-0.3, -0.25) is 4.79 Å². The Balaban J connectivity index is 1.91. The summed E-state index contributed by atoms with van der Waals surface area (Å²) < 4.78 is 5.18. The molecule has 1 heterocycles. The van der Waals surface area contributed by atoms with E-state index in [4.69, 9.17) is 17.0 Å². The number of benzene rings is 1. The van der Waals surface area contributed by atoms with Gasteiger partial charge in [0.05, 0.1) is 7.11 Å². The van der Waals surface area contributed by atoms with Gasteiger partial charge in [0.25, 0.3) is 0 Å². The smallest absolute Gasteiger partial charge is 0.219 e. The van der Waals surface area contributed by atoms with Gasteiger partial charge in [0.1, 0.15) is 5.75 Å². The molecule has 0 radical (unpaired) electrons. The number of methoxy groups -OCH3 is 1. The van der Waals surface area contributed by atoms with E-state index in [1.165, 1.54) is 0 Å². The molecule has 1 aromatic carbocycles. The summed E-state index contributed by atoms with van der Waals surface area (Å²) in [6.07, 6.45) is 0. The molecule has 0 saturated carbocycles. The van der Waals surface area contributed by atoms with E-state index in [2.05, 4.69) is 10.2 Å². The standard InChI is InChI=1S/C14H19N3O2S/c1-11(18)16-6-8-17(9-7-16)14(20)15-12-4-3-5-13(10-12)19-2/h3-5,10H,6-9H2,1-2H3,(H,15,20). The van der Waals surface area contributed by atoms with Crippen molar-refractivity contribution in [2.24, 2.45) is 0 Å². The minimum absolute atomic E-state index is 0.122. The van der Waals surface area contributed by atoms with Crippen molar-refractivity contribution in [2.75, 3.05) is 38.6 Å². The lowest BCUT2D eigenvalue weighted by atomic mass is 10.3. The minimum atomic E-state index is 0.122. The Bertz CT molecular complexity index is 499. The summed E-state index contributed by atoms with van der Waals surface area (Å²) in [5.41, 5.74) is 0.906. The van der Waals surface area contributed by atoms with E-state index in [1.807, 2.05) is 29.2 Å². The molecule has 0 atom stereocenters. The quantitative estimate of drug-likeness (QED) is 0.838. The highest BCUT2D eigenvalue weighted by molar-refractivity contribution is 7.80. The number of thiocarbonyl (C=S) groups is 1. The zero-order chi connectivity index (χ0) is 14.5. The fraction of sp³-hybridized carbons (Fsp3) is 0.429. The van der Waals surface area contributed by atoms with Gasteiger partial charge < -0.3 is 19.9 Å². The lowest BCUT2D eigenvalue weighted by Gasteiger charge is -2.35. The van der Waals surface area contributed by atoms with Gasteiger partial charge in [-0.2, -0.15) is 0 Å². The van der Waals surface area contributed by atoms with E-state index in [1.54, 1.807) is 14.0 Å². The molecule has 1 fully saturated rings. The van der Waals surface area contributed by atoms with Crippen LogP contribution in [0.4, 0.5) is 5.69 Å². The Morgan fingerprint density at radius 3 is 2.50 bits per heavy atom. The maximum absolute atomic E-state index is 11.3. The number of nitrogens with zero attached hydrogens (tertiary/aromatic N) is 2. The molecule has 20 heavy (non-hydrogen) atoms. The maximum atomic E-state index is 11.3. The first kappa shape index (κ1) is 14.6. The second kappa shape index (κ2) is 6.56. The molecule has 108 valence electrons. The molecule has 1 aliphatic rings. The molecule has 6 heteroatoms. The van der Waals surface area contributed by atoms with Crippen molar-refractivity contribution in [3.05, 3.63) is 24.3 Å². The summed E-state index contributed by atoms with van der Waals surface area (Å²) >= 11 is 5.41. The number of ether oxygens (including phenoxy) is 1. The van der Waals surface area contributed by atoms with Gasteiger partial charge in [0.2, 0.25) is 5.91 Å². The van der Waals surface area contributed by atoms with Crippen molar-refractivity contribution in [1.82, 2.24) is 9.80 Å². The number of amides is 1. The largest absolute Gasteiger partial charge is 0.497 e. The molecule has 1 aliphatic heterocycles. The fourth-order valence-corrected chi connectivity index (χ4v) is 2.43. The van der Waals surface area contributed by atoms with Gasteiger partial charge in [0, 0.05) is 44.9 Å². The van der Waals surface area contributed by atoms with Gasteiger partial charge in [-0.1, -0.05) is 6.07 Å². The Hall–Kier alpha value is -1.82. The Labute approximate surface area is 124 Å². The zero-order valence-electron chi connectivity index (χ0n) is 11.8. The molecular formula is C14H19N3O2S. The molecule has 1 N–H and O–H groups in total. The van der Waals surface area contributed by atoms with Crippen LogP contribution in [0.5, 0.6) is 5.75 Å². The van der Waals surface area contributed by atoms with Gasteiger partial charge >= 0.3 is 0 Å². The zero-order valence-corrected chi connectivity index (χ0v) is 12.6. The van der Waals surface area contributed by atoms with Gasteiger partial charge in [-0.05, 0) is 24.4 Å². The predicted molar refractivity (Wildman–Crippen MR) is 83.0 cm³/mol. The van der Waals surface area contributed by atoms with Crippen LogP contribution in [0.1, 0.15) is 6.92 Å². The second-order valence-corrected chi connectivity index (χ2v) is 5.04. The highest BCUT2D eigenvalue weighted by Crippen LogP contribution is 2.17. The van der Waals surface area contributed by atoms with Crippen LogP contribution in [0.2, 0.25) is 0 Å². The predicted octanol–water partition coefficient (Wildman–Crippen LogP) is 1.56. The molecular weight excluding hydrogens is 274 g/mol. The number of rotatable bonds is 2. The average molecular weight is 293 g/mol. The van der Waals surface area contributed by atoms with E-state index in [9.17, 15) is 4.79 Å². The molecule has 5 nitrogen and oxygen atoms in total. The summed E-state index contributed by atoms with van der Waals surface area (Å²) in [6, 6.07) is 7.65. The van der Waals surface area contributed by atoms with E-state index >= 15 is 0 Å². The molecule has 0 aliphatic carbocycles. The van der Waals surface area contributed by atoms with Crippen LogP contribution < -0.4 is 10.1 Å². The van der Waals surface area contributed by atoms with E-state index in [0.29, 0.717) is 5.11 Å². The van der Waals surface area contributed by atoms with Crippen LogP contribution in [-0.2, 0) is 4.79 Å². The summed E-state index contributed by atoms with van der Waals surface area (Å²) in [6.45, 7) is 4.55. The fourth-order valence-electron chi connectivity index (χ4n) is 2.13. The number of carbonyl (C=O) groups is 1. The third-order valence-electron chi connectivity index (χ3n) is 3.33. The number of nitrogens with one attached hydrogen (secondary N) is 1. The first-order valence-electron chi connectivity index (χ1n) is 6.55. The van der Waals surface area contributed by atoms with Gasteiger partial charge in [0.15, 0.2) is 5.11 Å². The molecule has 1 amide bonds. The van der Waals surface area contributed by atoms with Crippen LogP contribution in [0.15, 0.2) is 24.3 Å². The summed E-state index contributed by atoms with van der Waals surface area (Å²) in [4.78, 5) is 15.2. The number of hydrogen-bond acceptors (Lipinski definition) is 3. The number of carbonyl (C=O) groups excluding carboxylic acids is 1. The average Bonchev–Trinajstić information content (AvgIpc) is 2.47. The van der Waals surface area contributed by atoms with E-state index in [0.717, 1.165) is 37.6 Å². The van der Waals surface area contributed by atoms with Crippen molar-refractivity contribution < 1.29 is 9.53 Å². The monoisotopic (exact) mass is 293 g/mol. The molecule has 0 spiro atoms. The molecule has 0 unspecified atom stereocenters. The van der Waals surface area contributed by atoms with Crippen LogP contribution in [0, 0.1) is 0 Å². The van der Waals surface area contributed by atoms with Gasteiger partial charge in [-0.15, -0.1) is 0 Å². The van der Waals surface area contributed by atoms with Crippen LogP contribution in [0.25, 0.3) is 0 Å². The van der Waals surface area contributed by atoms with Crippen molar-refractivity contribution >= 4 is 28.9 Å². The van der Waals surface area contributed by atoms with Crippen molar-refractivity contribution in [1.29, 1.82) is 0 Å². The molecule has 0 aromatic heterocycles. The lowest BCUT2D eigenvalue weighted by molar-refractivity contribution is -0.130. The van der Waals surface area contributed by atoms with Crippen molar-refractivity contribution in [2.45, 2.75) is 6.92 Å². The summed E-state index contributed by atoms with van der Waals surface area (Å²) in [5.74, 6) is 0.913. The molecule has 0 bridgehead atoms. The maximum Gasteiger partial charge on any atom is 0.219 e. The number of hydrogen-bond donors (Lipinski definition) is 1. The van der Waals surface area contributed by atoms with Crippen LogP contribution >= 0.6 is 12.2 Å². The Morgan fingerprint density at radius 2 is 1.90 bits per heavy atom. The Morgan fingerprint density at radius 1 is 1.25 bits per heavy atom. The third-order valence-corrected chi connectivity index (χ3v) is 3.69. The minimum Gasteiger partial charge on any atom is -0.497 e. The van der Waals surface area contributed by atoms with Crippen LogP contribution in [-0.4, -0.2) is 54.1 Å². The number of anilines is 1. The Kier molecular flexibility index (Phi) is 4.79. The first-order valence-corrected chi connectivity index (χ1v) is 6.96. The molecule has 2 rings (SSSR count). The molecule has 1 aromatic rings.